The van der Waals surface area contributed by atoms with Crippen LogP contribution in [-0.2, 0) is 23.1 Å². The number of nitrogens with zero attached hydrogens (tertiary/aromatic N) is 2. The molecule has 0 bridgehead atoms. The summed E-state index contributed by atoms with van der Waals surface area (Å²) in [5.41, 5.74) is 2.00. The van der Waals surface area contributed by atoms with Gasteiger partial charge in [0.1, 0.15) is 0 Å². The van der Waals surface area contributed by atoms with Crippen molar-refractivity contribution >= 4 is 33.1 Å². The van der Waals surface area contributed by atoms with E-state index >= 15 is 0 Å². The lowest BCUT2D eigenvalue weighted by atomic mass is 10.2. The van der Waals surface area contributed by atoms with Gasteiger partial charge in [0.25, 0.3) is 5.91 Å². The Morgan fingerprint density at radius 2 is 2.30 bits per heavy atom. The minimum Gasteiger partial charge on any atom is -0.305 e. The van der Waals surface area contributed by atoms with Crippen LogP contribution in [0.15, 0.2) is 16.8 Å². The molecule has 2 aromatic rings. The zero-order valence-electron chi connectivity index (χ0n) is 10.6. The van der Waals surface area contributed by atoms with Gasteiger partial charge in [-0.05, 0) is 11.4 Å². The Morgan fingerprint density at radius 3 is 2.95 bits per heavy atom. The van der Waals surface area contributed by atoms with E-state index in [1.54, 1.807) is 11.4 Å². The predicted molar refractivity (Wildman–Crippen MR) is 75.0 cm³/mol. The summed E-state index contributed by atoms with van der Waals surface area (Å²) in [4.78, 5) is 12.0. The number of anilines is 1. The van der Waals surface area contributed by atoms with Crippen LogP contribution in [0.3, 0.4) is 0 Å². The van der Waals surface area contributed by atoms with Crippen molar-refractivity contribution in [1.29, 1.82) is 0 Å². The summed E-state index contributed by atoms with van der Waals surface area (Å²) < 4.78 is 24.4. The zero-order chi connectivity index (χ0) is 14.3. The Hall–Kier alpha value is -1.71. The molecule has 0 aliphatic carbocycles. The van der Waals surface area contributed by atoms with Gasteiger partial charge in [-0.25, -0.2) is 8.42 Å². The molecule has 0 atom stereocenters. The maximum Gasteiger partial charge on any atom is 0.257 e. The van der Waals surface area contributed by atoms with E-state index in [0.717, 1.165) is 17.5 Å². The van der Waals surface area contributed by atoms with Crippen LogP contribution in [0.2, 0.25) is 0 Å². The fourth-order valence-corrected chi connectivity index (χ4v) is 3.39. The maximum absolute atomic E-state index is 12.0. The van der Waals surface area contributed by atoms with Gasteiger partial charge in [-0.15, -0.1) is 0 Å². The molecule has 1 aliphatic heterocycles. The number of H-pyrrole nitrogens is 1. The van der Waals surface area contributed by atoms with Crippen LogP contribution >= 0.6 is 11.3 Å². The van der Waals surface area contributed by atoms with Crippen molar-refractivity contribution in [3.8, 4) is 0 Å². The number of hydrogen-bond donors (Lipinski definition) is 2. The molecule has 106 valence electrons. The molecule has 0 aromatic carbocycles. The molecule has 0 saturated heterocycles. The summed E-state index contributed by atoms with van der Waals surface area (Å²) >= 11 is 1.43. The largest absolute Gasteiger partial charge is 0.305 e. The van der Waals surface area contributed by atoms with Gasteiger partial charge in [0.15, 0.2) is 5.82 Å². The molecule has 2 N–H and O–H groups in total. The quantitative estimate of drug-likeness (QED) is 0.884. The fraction of sp³-hybridized carbons (Fsp3) is 0.273. The van der Waals surface area contributed by atoms with E-state index in [4.69, 9.17) is 0 Å². The first kappa shape index (κ1) is 13.3. The highest BCUT2D eigenvalue weighted by atomic mass is 32.2. The molecule has 0 radical (unpaired) electrons. The van der Waals surface area contributed by atoms with Crippen LogP contribution in [0.25, 0.3) is 0 Å². The Labute approximate surface area is 119 Å². The van der Waals surface area contributed by atoms with E-state index < -0.39 is 10.0 Å². The minimum atomic E-state index is -3.25. The molecule has 9 heteroatoms. The first-order valence-electron chi connectivity index (χ1n) is 5.80. The van der Waals surface area contributed by atoms with Crippen molar-refractivity contribution in [2.75, 3.05) is 11.6 Å². The summed E-state index contributed by atoms with van der Waals surface area (Å²) in [5, 5.41) is 13.1. The third kappa shape index (κ3) is 2.35. The van der Waals surface area contributed by atoms with Gasteiger partial charge in [-0.3, -0.25) is 9.89 Å². The SMILES string of the molecule is CS(=O)(=O)N1Cc2[nH]nc(NC(=O)c3ccsc3)c2C1. The van der Waals surface area contributed by atoms with Gasteiger partial charge >= 0.3 is 0 Å². The lowest BCUT2D eigenvalue weighted by Crippen LogP contribution is -2.24. The van der Waals surface area contributed by atoms with Crippen LogP contribution in [0.1, 0.15) is 21.6 Å². The summed E-state index contributed by atoms with van der Waals surface area (Å²) in [6.45, 7) is 0.486. The third-order valence-electron chi connectivity index (χ3n) is 3.11. The van der Waals surface area contributed by atoms with Crippen molar-refractivity contribution < 1.29 is 13.2 Å². The smallest absolute Gasteiger partial charge is 0.257 e. The Morgan fingerprint density at radius 1 is 1.50 bits per heavy atom. The number of amides is 1. The zero-order valence-corrected chi connectivity index (χ0v) is 12.2. The fourth-order valence-electron chi connectivity index (χ4n) is 2.02. The highest BCUT2D eigenvalue weighted by Gasteiger charge is 2.30. The number of aromatic amines is 1. The normalized spacial score (nSPS) is 15.2. The highest BCUT2D eigenvalue weighted by molar-refractivity contribution is 7.88. The maximum atomic E-state index is 12.0. The number of carbonyl (C=O) groups excluding carboxylic acids is 1. The topological polar surface area (TPSA) is 95.2 Å². The second-order valence-electron chi connectivity index (χ2n) is 4.53. The van der Waals surface area contributed by atoms with E-state index in [2.05, 4.69) is 15.5 Å². The van der Waals surface area contributed by atoms with Gasteiger partial charge < -0.3 is 5.32 Å². The summed E-state index contributed by atoms with van der Waals surface area (Å²) in [6.07, 6.45) is 1.16. The van der Waals surface area contributed by atoms with Gasteiger partial charge in [0, 0.05) is 17.5 Å². The number of aromatic nitrogens is 2. The monoisotopic (exact) mass is 312 g/mol. The van der Waals surface area contributed by atoms with E-state index in [1.807, 2.05) is 5.38 Å². The summed E-state index contributed by atoms with van der Waals surface area (Å²) in [7, 11) is -3.25. The molecule has 7 nitrogen and oxygen atoms in total. The van der Waals surface area contributed by atoms with E-state index in [0.29, 0.717) is 11.4 Å². The van der Waals surface area contributed by atoms with Crippen molar-refractivity contribution in [2.24, 2.45) is 0 Å². The molecule has 1 amide bonds. The molecule has 0 unspecified atom stereocenters. The number of fused-ring (bicyclic) bond motifs is 1. The van der Waals surface area contributed by atoms with Crippen molar-refractivity contribution in [1.82, 2.24) is 14.5 Å². The molecular formula is C11H12N4O3S2. The molecule has 2 aromatic heterocycles. The molecule has 3 rings (SSSR count). The molecule has 0 saturated carbocycles. The Kier molecular flexibility index (Phi) is 3.11. The molecule has 3 heterocycles. The van der Waals surface area contributed by atoms with Crippen molar-refractivity contribution in [2.45, 2.75) is 13.1 Å². The van der Waals surface area contributed by atoms with Crippen LogP contribution in [0, 0.1) is 0 Å². The summed E-state index contributed by atoms with van der Waals surface area (Å²) in [5.74, 6) is 0.140. The second-order valence-corrected chi connectivity index (χ2v) is 7.29. The van der Waals surface area contributed by atoms with Gasteiger partial charge in [0.05, 0.1) is 24.1 Å². The first-order chi connectivity index (χ1) is 9.45. The second kappa shape index (κ2) is 4.69. The van der Waals surface area contributed by atoms with E-state index in [9.17, 15) is 13.2 Å². The molecule has 0 spiro atoms. The van der Waals surface area contributed by atoms with Crippen LogP contribution in [0.4, 0.5) is 5.82 Å². The van der Waals surface area contributed by atoms with E-state index in [-0.39, 0.29) is 19.0 Å². The van der Waals surface area contributed by atoms with Gasteiger partial charge in [0.2, 0.25) is 10.0 Å². The number of nitrogens with one attached hydrogen (secondary N) is 2. The molecular weight excluding hydrogens is 300 g/mol. The average Bonchev–Trinajstić information content (AvgIpc) is 3.03. The summed E-state index contributed by atoms with van der Waals surface area (Å²) in [6, 6.07) is 1.72. The molecule has 1 aliphatic rings. The van der Waals surface area contributed by atoms with E-state index in [1.165, 1.54) is 15.6 Å². The number of thiophene rings is 1. The number of carbonyl (C=O) groups is 1. The molecule has 0 fully saturated rings. The number of sulfonamides is 1. The predicted octanol–water partition coefficient (Wildman–Crippen LogP) is 0.999. The van der Waals surface area contributed by atoms with Gasteiger partial charge in [-0.1, -0.05) is 0 Å². The lowest BCUT2D eigenvalue weighted by Gasteiger charge is -2.11. The Balaban J connectivity index is 1.81. The van der Waals surface area contributed by atoms with Crippen LogP contribution in [-0.4, -0.2) is 35.1 Å². The molecule has 20 heavy (non-hydrogen) atoms. The average molecular weight is 312 g/mol. The first-order valence-corrected chi connectivity index (χ1v) is 8.59. The minimum absolute atomic E-state index is 0.226. The lowest BCUT2D eigenvalue weighted by molar-refractivity contribution is 0.102. The van der Waals surface area contributed by atoms with Crippen LogP contribution in [0.5, 0.6) is 0 Å². The highest BCUT2D eigenvalue weighted by Crippen LogP contribution is 2.28. The third-order valence-corrected chi connectivity index (χ3v) is 4.99. The number of hydrogen-bond acceptors (Lipinski definition) is 5. The van der Waals surface area contributed by atoms with Gasteiger partial charge in [-0.2, -0.15) is 20.7 Å². The van der Waals surface area contributed by atoms with Crippen molar-refractivity contribution in [3.05, 3.63) is 33.6 Å². The standard InChI is InChI=1S/C11H12N4O3S2/c1-20(17,18)15-4-8-9(5-15)13-14-10(8)12-11(16)7-2-3-19-6-7/h2-3,6H,4-5H2,1H3,(H2,12,13,14,16). The van der Waals surface area contributed by atoms with Crippen LogP contribution < -0.4 is 5.32 Å². The number of rotatable bonds is 3. The Bertz CT molecular complexity index is 749. The van der Waals surface area contributed by atoms with Crippen molar-refractivity contribution in [3.63, 3.8) is 0 Å².